The molecule has 0 aliphatic rings. The number of aliphatic hydroxyl groups excluding tert-OH is 1. The SMILES string of the molecule is COc1cc([C@H](O)CC(=O)O)cc(OC)c1C. The van der Waals surface area contributed by atoms with Gasteiger partial charge in [0.15, 0.2) is 0 Å². The molecule has 1 aromatic rings. The minimum Gasteiger partial charge on any atom is -0.496 e. The van der Waals surface area contributed by atoms with Crippen LogP contribution in [0, 0.1) is 6.92 Å². The van der Waals surface area contributed by atoms with Crippen LogP contribution in [0.5, 0.6) is 11.5 Å². The summed E-state index contributed by atoms with van der Waals surface area (Å²) in [5.74, 6) is 0.0589. The fourth-order valence-corrected chi connectivity index (χ4v) is 1.58. The summed E-state index contributed by atoms with van der Waals surface area (Å²) in [6, 6.07) is 3.23. The van der Waals surface area contributed by atoms with Crippen LogP contribution in [0.25, 0.3) is 0 Å². The fraction of sp³-hybridized carbons (Fsp3) is 0.417. The Hall–Kier alpha value is -1.75. The summed E-state index contributed by atoms with van der Waals surface area (Å²) in [7, 11) is 3.02. The monoisotopic (exact) mass is 240 g/mol. The summed E-state index contributed by atoms with van der Waals surface area (Å²) in [4.78, 5) is 10.5. The van der Waals surface area contributed by atoms with Gasteiger partial charge >= 0.3 is 5.97 Å². The van der Waals surface area contributed by atoms with Gasteiger partial charge in [0.2, 0.25) is 0 Å². The van der Waals surface area contributed by atoms with E-state index < -0.39 is 12.1 Å². The third kappa shape index (κ3) is 3.10. The summed E-state index contributed by atoms with van der Waals surface area (Å²) in [5, 5.41) is 18.4. The van der Waals surface area contributed by atoms with Crippen molar-refractivity contribution in [1.82, 2.24) is 0 Å². The van der Waals surface area contributed by atoms with Gasteiger partial charge in [-0.2, -0.15) is 0 Å². The highest BCUT2D eigenvalue weighted by molar-refractivity contribution is 5.67. The van der Waals surface area contributed by atoms with Crippen LogP contribution >= 0.6 is 0 Å². The van der Waals surface area contributed by atoms with E-state index in [9.17, 15) is 9.90 Å². The van der Waals surface area contributed by atoms with Gasteiger partial charge in [-0.15, -0.1) is 0 Å². The van der Waals surface area contributed by atoms with E-state index in [2.05, 4.69) is 0 Å². The van der Waals surface area contributed by atoms with Crippen LogP contribution in [0.2, 0.25) is 0 Å². The summed E-state index contributed by atoms with van der Waals surface area (Å²) in [6.45, 7) is 1.82. The van der Waals surface area contributed by atoms with Gasteiger partial charge in [-0.1, -0.05) is 0 Å². The second-order valence-corrected chi connectivity index (χ2v) is 3.66. The highest BCUT2D eigenvalue weighted by Crippen LogP contribution is 2.32. The maximum atomic E-state index is 10.5. The standard InChI is InChI=1S/C12H16O5/c1-7-10(16-2)4-8(5-11(7)17-3)9(13)6-12(14)15/h4-5,9,13H,6H2,1-3H3,(H,14,15)/t9-/m1/s1. The fourth-order valence-electron chi connectivity index (χ4n) is 1.58. The van der Waals surface area contributed by atoms with Crippen LogP contribution in [0.1, 0.15) is 23.7 Å². The Kier molecular flexibility index (Phi) is 4.34. The molecule has 0 spiro atoms. The Morgan fingerprint density at radius 2 is 1.76 bits per heavy atom. The topological polar surface area (TPSA) is 76.0 Å². The third-order valence-electron chi connectivity index (χ3n) is 2.53. The summed E-state index contributed by atoms with van der Waals surface area (Å²) >= 11 is 0. The van der Waals surface area contributed by atoms with Gasteiger partial charge in [-0.3, -0.25) is 4.79 Å². The zero-order chi connectivity index (χ0) is 13.0. The van der Waals surface area contributed by atoms with Crippen LogP contribution < -0.4 is 9.47 Å². The molecule has 94 valence electrons. The van der Waals surface area contributed by atoms with Crippen molar-refractivity contribution in [2.75, 3.05) is 14.2 Å². The van der Waals surface area contributed by atoms with E-state index in [0.717, 1.165) is 5.56 Å². The number of carbonyl (C=O) groups is 1. The van der Waals surface area contributed by atoms with Crippen molar-refractivity contribution in [3.63, 3.8) is 0 Å². The Bertz CT molecular complexity index is 388. The van der Waals surface area contributed by atoms with Crippen LogP contribution in [0.15, 0.2) is 12.1 Å². The van der Waals surface area contributed by atoms with Crippen molar-refractivity contribution >= 4 is 5.97 Å². The highest BCUT2D eigenvalue weighted by Gasteiger charge is 2.16. The number of hydrogen-bond donors (Lipinski definition) is 2. The Morgan fingerprint density at radius 1 is 1.29 bits per heavy atom. The van der Waals surface area contributed by atoms with Crippen LogP contribution in [0.4, 0.5) is 0 Å². The molecule has 0 amide bonds. The Labute approximate surface area is 99.6 Å². The van der Waals surface area contributed by atoms with Gasteiger partial charge in [0.1, 0.15) is 11.5 Å². The largest absolute Gasteiger partial charge is 0.496 e. The van der Waals surface area contributed by atoms with Gasteiger partial charge in [0.05, 0.1) is 26.7 Å². The molecular formula is C12H16O5. The summed E-state index contributed by atoms with van der Waals surface area (Å²) in [5.41, 5.74) is 1.27. The number of benzene rings is 1. The Morgan fingerprint density at radius 3 is 2.12 bits per heavy atom. The molecule has 0 saturated heterocycles. The molecule has 0 aromatic heterocycles. The van der Waals surface area contributed by atoms with E-state index in [1.807, 2.05) is 6.92 Å². The van der Waals surface area contributed by atoms with Crippen molar-refractivity contribution in [3.8, 4) is 11.5 Å². The molecule has 5 nitrogen and oxygen atoms in total. The first-order valence-electron chi connectivity index (χ1n) is 5.12. The first kappa shape index (κ1) is 13.3. The molecule has 0 saturated carbocycles. The quantitative estimate of drug-likeness (QED) is 0.816. The van der Waals surface area contributed by atoms with Gasteiger partial charge in [-0.05, 0) is 24.6 Å². The number of rotatable bonds is 5. The van der Waals surface area contributed by atoms with Gasteiger partial charge in [-0.25, -0.2) is 0 Å². The normalized spacial score (nSPS) is 12.0. The lowest BCUT2D eigenvalue weighted by Crippen LogP contribution is -2.06. The molecule has 0 radical (unpaired) electrons. The van der Waals surface area contributed by atoms with Crippen molar-refractivity contribution in [2.45, 2.75) is 19.4 Å². The van der Waals surface area contributed by atoms with E-state index in [1.165, 1.54) is 14.2 Å². The zero-order valence-corrected chi connectivity index (χ0v) is 10.1. The van der Waals surface area contributed by atoms with Gasteiger partial charge in [0.25, 0.3) is 0 Å². The molecule has 1 atom stereocenters. The molecule has 0 aliphatic carbocycles. The average molecular weight is 240 g/mol. The predicted octanol–water partition coefficient (Wildman–Crippen LogP) is 1.52. The molecule has 0 fully saturated rings. The van der Waals surface area contributed by atoms with E-state index in [4.69, 9.17) is 14.6 Å². The van der Waals surface area contributed by atoms with Gasteiger partial charge in [0, 0.05) is 5.56 Å². The van der Waals surface area contributed by atoms with Crippen LogP contribution in [-0.4, -0.2) is 30.4 Å². The van der Waals surface area contributed by atoms with Crippen molar-refractivity contribution in [2.24, 2.45) is 0 Å². The maximum Gasteiger partial charge on any atom is 0.306 e. The smallest absolute Gasteiger partial charge is 0.306 e. The maximum absolute atomic E-state index is 10.5. The van der Waals surface area contributed by atoms with E-state index in [-0.39, 0.29) is 6.42 Å². The lowest BCUT2D eigenvalue weighted by Gasteiger charge is -2.15. The first-order chi connectivity index (χ1) is 7.99. The minimum atomic E-state index is -1.07. The summed E-state index contributed by atoms with van der Waals surface area (Å²) < 4.78 is 10.3. The molecule has 0 bridgehead atoms. The number of carboxylic acid groups (broad SMARTS) is 1. The lowest BCUT2D eigenvalue weighted by atomic mass is 10.0. The zero-order valence-electron chi connectivity index (χ0n) is 10.1. The van der Waals surface area contributed by atoms with Crippen molar-refractivity contribution in [1.29, 1.82) is 0 Å². The average Bonchev–Trinajstić information content (AvgIpc) is 2.28. The number of aliphatic carboxylic acids is 1. The van der Waals surface area contributed by atoms with E-state index in [0.29, 0.717) is 17.1 Å². The van der Waals surface area contributed by atoms with E-state index in [1.54, 1.807) is 12.1 Å². The molecule has 2 N–H and O–H groups in total. The number of carboxylic acids is 1. The van der Waals surface area contributed by atoms with Gasteiger partial charge < -0.3 is 19.7 Å². The minimum absolute atomic E-state index is 0.352. The van der Waals surface area contributed by atoms with E-state index >= 15 is 0 Å². The number of aliphatic hydroxyl groups is 1. The molecule has 1 aromatic carbocycles. The van der Waals surface area contributed by atoms with Crippen LogP contribution in [-0.2, 0) is 4.79 Å². The predicted molar refractivity (Wildman–Crippen MR) is 61.5 cm³/mol. The molecule has 1 rings (SSSR count). The molecular weight excluding hydrogens is 224 g/mol. The molecule has 0 aliphatic heterocycles. The summed E-state index contributed by atoms with van der Waals surface area (Å²) in [6.07, 6.45) is -1.43. The second-order valence-electron chi connectivity index (χ2n) is 3.66. The lowest BCUT2D eigenvalue weighted by molar-refractivity contribution is -0.139. The van der Waals surface area contributed by atoms with Crippen LogP contribution in [0.3, 0.4) is 0 Å². The number of ether oxygens (including phenoxy) is 2. The molecule has 5 heteroatoms. The molecule has 17 heavy (non-hydrogen) atoms. The van der Waals surface area contributed by atoms with Crippen molar-refractivity contribution < 1.29 is 24.5 Å². The molecule has 0 heterocycles. The second kappa shape index (κ2) is 5.54. The third-order valence-corrected chi connectivity index (χ3v) is 2.53. The number of methoxy groups -OCH3 is 2. The number of hydrogen-bond acceptors (Lipinski definition) is 4. The first-order valence-corrected chi connectivity index (χ1v) is 5.12. The highest BCUT2D eigenvalue weighted by atomic mass is 16.5. The Balaban J connectivity index is 3.12. The van der Waals surface area contributed by atoms with Crippen molar-refractivity contribution in [3.05, 3.63) is 23.3 Å². The molecule has 0 unspecified atom stereocenters.